The van der Waals surface area contributed by atoms with E-state index in [0.29, 0.717) is 29.5 Å². The Morgan fingerprint density at radius 2 is 1.93 bits per heavy atom. The first-order chi connectivity index (χ1) is 14.5. The number of halogens is 1. The van der Waals surface area contributed by atoms with Gasteiger partial charge in [-0.05, 0) is 42.0 Å². The summed E-state index contributed by atoms with van der Waals surface area (Å²) < 4.78 is 0. The van der Waals surface area contributed by atoms with Crippen molar-refractivity contribution in [3.8, 4) is 11.4 Å². The van der Waals surface area contributed by atoms with Crippen LogP contribution in [0.3, 0.4) is 0 Å². The van der Waals surface area contributed by atoms with Crippen molar-refractivity contribution >= 4 is 28.9 Å². The molecule has 1 unspecified atom stereocenters. The number of anilines is 1. The maximum absolute atomic E-state index is 12.6. The third-order valence-corrected chi connectivity index (χ3v) is 4.59. The molecule has 0 saturated carbocycles. The number of benzene rings is 2. The number of rotatable bonds is 9. The predicted octanol–water partition coefficient (Wildman–Crippen LogP) is 3.08. The lowest BCUT2D eigenvalue weighted by Crippen LogP contribution is -2.36. The number of nitrogens with one attached hydrogen (secondary N) is 2. The Kier molecular flexibility index (Phi) is 6.91. The minimum absolute atomic E-state index is 0.0168. The number of tetrazole rings is 1. The third-order valence-electron chi connectivity index (χ3n) is 4.34. The molecule has 0 saturated heterocycles. The molecule has 1 heterocycles. The van der Waals surface area contributed by atoms with Gasteiger partial charge in [-0.1, -0.05) is 30.7 Å². The Balaban J connectivity index is 1.57. The molecule has 0 aliphatic heterocycles. The van der Waals surface area contributed by atoms with Gasteiger partial charge in [-0.3, -0.25) is 14.9 Å². The lowest BCUT2D eigenvalue weighted by molar-refractivity contribution is -0.384. The molecular weight excluding hydrogens is 410 g/mol. The zero-order valence-corrected chi connectivity index (χ0v) is 16.9. The number of para-hydroxylation sites is 2. The van der Waals surface area contributed by atoms with Crippen molar-refractivity contribution in [3.05, 3.63) is 63.7 Å². The van der Waals surface area contributed by atoms with Gasteiger partial charge in [-0.15, -0.1) is 10.2 Å². The minimum Gasteiger partial charge on any atom is -0.378 e. The average Bonchev–Trinajstić information content (AvgIpc) is 3.22. The van der Waals surface area contributed by atoms with Crippen molar-refractivity contribution < 1.29 is 9.72 Å². The molecule has 0 spiro atoms. The molecule has 3 aromatic rings. The summed E-state index contributed by atoms with van der Waals surface area (Å²) in [6.07, 6.45) is 0.472. The van der Waals surface area contributed by atoms with Crippen molar-refractivity contribution in [2.75, 3.05) is 18.4 Å². The molecule has 2 aromatic carbocycles. The fraction of sp³-hybridized carbons (Fsp3) is 0.263. The van der Waals surface area contributed by atoms with Crippen LogP contribution in [0.2, 0.25) is 5.02 Å². The number of hydrogen-bond acceptors (Lipinski definition) is 7. The number of carbonyl (C=O) groups excluding carboxylic acids is 1. The molecule has 10 nitrogen and oxygen atoms in total. The Hall–Kier alpha value is -3.53. The van der Waals surface area contributed by atoms with Crippen LogP contribution in [-0.4, -0.2) is 44.1 Å². The molecule has 1 atom stereocenters. The van der Waals surface area contributed by atoms with Crippen LogP contribution in [0, 0.1) is 10.1 Å². The van der Waals surface area contributed by atoms with E-state index in [1.54, 1.807) is 42.5 Å². The second-order valence-corrected chi connectivity index (χ2v) is 6.79. The van der Waals surface area contributed by atoms with Crippen LogP contribution in [-0.2, 0) is 4.79 Å². The van der Waals surface area contributed by atoms with E-state index in [9.17, 15) is 14.9 Å². The number of carbonyl (C=O) groups is 1. The fourth-order valence-electron chi connectivity index (χ4n) is 2.81. The molecule has 2 N–H and O–H groups in total. The Morgan fingerprint density at radius 3 is 2.63 bits per heavy atom. The van der Waals surface area contributed by atoms with Crippen molar-refractivity contribution in [2.45, 2.75) is 19.4 Å². The maximum Gasteiger partial charge on any atom is 0.292 e. The highest BCUT2D eigenvalue weighted by Crippen LogP contribution is 2.22. The molecule has 0 radical (unpaired) electrons. The van der Waals surface area contributed by atoms with Gasteiger partial charge >= 0.3 is 0 Å². The standard InChI is InChI=1S/C19H20ClN7O3/c1-2-16(26-24-18(23-25-26)13-7-9-14(20)10-8-13)19(28)22-12-11-21-15-5-3-4-6-17(15)27(29)30/h3-10,16,21H,2,11-12H2,1H3,(H,22,28). The molecule has 30 heavy (non-hydrogen) atoms. The van der Waals surface area contributed by atoms with E-state index in [1.807, 2.05) is 6.92 Å². The number of nitrogens with zero attached hydrogens (tertiary/aromatic N) is 5. The summed E-state index contributed by atoms with van der Waals surface area (Å²) in [4.78, 5) is 24.4. The summed E-state index contributed by atoms with van der Waals surface area (Å²) >= 11 is 5.89. The van der Waals surface area contributed by atoms with Gasteiger partial charge in [0.15, 0.2) is 6.04 Å². The zero-order valence-electron chi connectivity index (χ0n) is 16.2. The quantitative estimate of drug-likeness (QED) is 0.304. The summed E-state index contributed by atoms with van der Waals surface area (Å²) in [6.45, 7) is 2.45. The molecule has 11 heteroatoms. The van der Waals surface area contributed by atoms with Crippen LogP contribution >= 0.6 is 11.6 Å². The summed E-state index contributed by atoms with van der Waals surface area (Å²) in [5.41, 5.74) is 1.13. The van der Waals surface area contributed by atoms with Gasteiger partial charge in [0.2, 0.25) is 11.7 Å². The summed E-state index contributed by atoms with van der Waals surface area (Å²) in [5, 5.41) is 29.7. The first kappa shape index (κ1) is 21.2. The lowest BCUT2D eigenvalue weighted by Gasteiger charge is -2.14. The number of aromatic nitrogens is 4. The smallest absolute Gasteiger partial charge is 0.292 e. The van der Waals surface area contributed by atoms with E-state index < -0.39 is 11.0 Å². The summed E-state index contributed by atoms with van der Waals surface area (Å²) in [6, 6.07) is 12.7. The molecule has 0 fully saturated rings. The van der Waals surface area contributed by atoms with Gasteiger partial charge in [0, 0.05) is 29.7 Å². The minimum atomic E-state index is -0.621. The SMILES string of the molecule is CCC(C(=O)NCCNc1ccccc1[N+](=O)[O-])n1nnc(-c2ccc(Cl)cc2)n1. The Bertz CT molecular complexity index is 1020. The van der Waals surface area contributed by atoms with Crippen LogP contribution in [0.15, 0.2) is 48.5 Å². The second kappa shape index (κ2) is 9.79. The van der Waals surface area contributed by atoms with Gasteiger partial charge < -0.3 is 10.6 Å². The van der Waals surface area contributed by atoms with Gasteiger partial charge in [0.1, 0.15) is 5.69 Å². The Labute approximate surface area is 177 Å². The van der Waals surface area contributed by atoms with Crippen LogP contribution < -0.4 is 10.6 Å². The van der Waals surface area contributed by atoms with E-state index >= 15 is 0 Å². The number of nitro groups is 1. The van der Waals surface area contributed by atoms with Crippen LogP contribution in [0.1, 0.15) is 19.4 Å². The van der Waals surface area contributed by atoms with Gasteiger partial charge in [0.05, 0.1) is 4.92 Å². The van der Waals surface area contributed by atoms with Gasteiger partial charge in [-0.2, -0.15) is 4.80 Å². The first-order valence-corrected chi connectivity index (χ1v) is 9.68. The largest absolute Gasteiger partial charge is 0.378 e. The van der Waals surface area contributed by atoms with Crippen LogP contribution in [0.4, 0.5) is 11.4 Å². The molecule has 0 aliphatic rings. The average molecular weight is 430 g/mol. The fourth-order valence-corrected chi connectivity index (χ4v) is 2.93. The molecular formula is C19H20ClN7O3. The van der Waals surface area contributed by atoms with Crippen molar-refractivity contribution in [2.24, 2.45) is 0 Å². The van der Waals surface area contributed by atoms with Crippen molar-refractivity contribution in [1.29, 1.82) is 0 Å². The molecule has 1 amide bonds. The highest BCUT2D eigenvalue weighted by atomic mass is 35.5. The molecule has 156 valence electrons. The van der Waals surface area contributed by atoms with E-state index in [4.69, 9.17) is 11.6 Å². The van der Waals surface area contributed by atoms with Crippen molar-refractivity contribution in [1.82, 2.24) is 25.5 Å². The third kappa shape index (κ3) is 5.09. The topological polar surface area (TPSA) is 128 Å². The van der Waals surface area contributed by atoms with Crippen LogP contribution in [0.5, 0.6) is 0 Å². The first-order valence-electron chi connectivity index (χ1n) is 9.30. The monoisotopic (exact) mass is 429 g/mol. The van der Waals surface area contributed by atoms with Gasteiger partial charge in [0.25, 0.3) is 5.69 Å². The highest BCUT2D eigenvalue weighted by molar-refractivity contribution is 6.30. The molecule has 1 aromatic heterocycles. The maximum atomic E-state index is 12.6. The summed E-state index contributed by atoms with van der Waals surface area (Å²) in [5.74, 6) is 0.137. The highest BCUT2D eigenvalue weighted by Gasteiger charge is 2.21. The zero-order chi connectivity index (χ0) is 21.5. The second-order valence-electron chi connectivity index (χ2n) is 6.36. The van der Waals surface area contributed by atoms with E-state index in [1.165, 1.54) is 10.9 Å². The van der Waals surface area contributed by atoms with Gasteiger partial charge in [-0.25, -0.2) is 0 Å². The van der Waals surface area contributed by atoms with Crippen LogP contribution in [0.25, 0.3) is 11.4 Å². The van der Waals surface area contributed by atoms with E-state index in [0.717, 1.165) is 5.56 Å². The Morgan fingerprint density at radius 1 is 1.20 bits per heavy atom. The number of nitro benzene ring substituents is 1. The molecule has 0 bridgehead atoms. The normalized spacial score (nSPS) is 11.7. The number of hydrogen-bond donors (Lipinski definition) is 2. The van der Waals surface area contributed by atoms with E-state index in [-0.39, 0.29) is 18.1 Å². The summed E-state index contributed by atoms with van der Waals surface area (Å²) in [7, 11) is 0. The van der Waals surface area contributed by atoms with E-state index in [2.05, 4.69) is 26.0 Å². The van der Waals surface area contributed by atoms with Crippen molar-refractivity contribution in [3.63, 3.8) is 0 Å². The predicted molar refractivity (Wildman–Crippen MR) is 112 cm³/mol. The molecule has 3 rings (SSSR count). The molecule has 0 aliphatic carbocycles. The number of amides is 1. The lowest BCUT2D eigenvalue weighted by atomic mass is 10.2.